The minimum Gasteiger partial charge on any atom is -0.495 e. The van der Waals surface area contributed by atoms with Crippen molar-refractivity contribution in [3.05, 3.63) is 60.2 Å². The average Bonchev–Trinajstić information content (AvgIpc) is 2.69. The van der Waals surface area contributed by atoms with Gasteiger partial charge in [0.25, 0.3) is 0 Å². The van der Waals surface area contributed by atoms with Gasteiger partial charge in [-0.1, -0.05) is 42.5 Å². The number of amides is 2. The van der Waals surface area contributed by atoms with Crippen LogP contribution in [-0.2, 0) is 16.0 Å². The Hall–Kier alpha value is -2.82. The summed E-state index contributed by atoms with van der Waals surface area (Å²) in [6.45, 7) is 1.18. The Balaban J connectivity index is 1.60. The van der Waals surface area contributed by atoms with E-state index < -0.39 is 0 Å². The number of anilines is 1. The van der Waals surface area contributed by atoms with Crippen molar-refractivity contribution in [2.45, 2.75) is 19.3 Å². The largest absolute Gasteiger partial charge is 0.495 e. The number of benzene rings is 2. The Kier molecular flexibility index (Phi) is 5.89. The van der Waals surface area contributed by atoms with E-state index in [4.69, 9.17) is 4.74 Å². The van der Waals surface area contributed by atoms with E-state index in [1.807, 2.05) is 59.5 Å². The van der Waals surface area contributed by atoms with Crippen LogP contribution < -0.4 is 10.1 Å². The van der Waals surface area contributed by atoms with Gasteiger partial charge in [-0.2, -0.15) is 0 Å². The van der Waals surface area contributed by atoms with E-state index in [1.165, 1.54) is 0 Å². The highest BCUT2D eigenvalue weighted by Crippen LogP contribution is 2.25. The van der Waals surface area contributed by atoms with Gasteiger partial charge in [0.1, 0.15) is 5.75 Å². The number of ether oxygens (including phenoxy) is 1. The lowest BCUT2D eigenvalue weighted by molar-refractivity contribution is -0.133. The first-order chi connectivity index (χ1) is 12.7. The van der Waals surface area contributed by atoms with Crippen LogP contribution in [0.3, 0.4) is 0 Å². The number of methoxy groups -OCH3 is 1. The SMILES string of the molecule is COc1ccccc1NC(=O)C1CCCN(C(=O)Cc2ccccc2)C1. The molecule has 2 aromatic carbocycles. The third-order valence-electron chi connectivity index (χ3n) is 4.71. The van der Waals surface area contributed by atoms with Gasteiger partial charge >= 0.3 is 0 Å². The van der Waals surface area contributed by atoms with Gasteiger partial charge in [-0.05, 0) is 30.5 Å². The van der Waals surface area contributed by atoms with Crippen LogP contribution in [-0.4, -0.2) is 36.9 Å². The summed E-state index contributed by atoms with van der Waals surface area (Å²) in [6, 6.07) is 17.1. The Morgan fingerprint density at radius 2 is 1.85 bits per heavy atom. The average molecular weight is 352 g/mol. The maximum absolute atomic E-state index is 12.7. The molecule has 3 rings (SSSR count). The quantitative estimate of drug-likeness (QED) is 0.899. The van der Waals surface area contributed by atoms with Crippen LogP contribution in [0.5, 0.6) is 5.75 Å². The Morgan fingerprint density at radius 3 is 2.62 bits per heavy atom. The number of rotatable bonds is 5. The molecule has 1 atom stereocenters. The standard InChI is InChI=1S/C21H24N2O3/c1-26-19-12-6-5-11-18(19)22-21(25)17-10-7-13-23(15-17)20(24)14-16-8-3-2-4-9-16/h2-6,8-9,11-12,17H,7,10,13-15H2,1H3,(H,22,25). The van der Waals surface area contributed by atoms with Gasteiger partial charge in [-0.15, -0.1) is 0 Å². The zero-order valence-corrected chi connectivity index (χ0v) is 15.0. The number of carbonyl (C=O) groups excluding carboxylic acids is 2. The lowest BCUT2D eigenvalue weighted by Gasteiger charge is -2.32. The summed E-state index contributed by atoms with van der Waals surface area (Å²) in [4.78, 5) is 27.0. The number of nitrogens with one attached hydrogen (secondary N) is 1. The molecule has 1 aliphatic rings. The molecule has 1 heterocycles. The van der Waals surface area contributed by atoms with Crippen LogP contribution >= 0.6 is 0 Å². The zero-order chi connectivity index (χ0) is 18.4. The van der Waals surface area contributed by atoms with Crippen molar-refractivity contribution in [1.29, 1.82) is 0 Å². The summed E-state index contributed by atoms with van der Waals surface area (Å²) in [5.41, 5.74) is 1.66. The van der Waals surface area contributed by atoms with Crippen LogP contribution in [0.1, 0.15) is 18.4 Å². The maximum Gasteiger partial charge on any atom is 0.229 e. The van der Waals surface area contributed by atoms with E-state index in [-0.39, 0.29) is 17.7 Å². The second-order valence-electron chi connectivity index (χ2n) is 6.53. The van der Waals surface area contributed by atoms with Crippen molar-refractivity contribution in [2.75, 3.05) is 25.5 Å². The number of carbonyl (C=O) groups is 2. The molecule has 0 aliphatic carbocycles. The third kappa shape index (κ3) is 4.42. The molecule has 5 nitrogen and oxygen atoms in total. The van der Waals surface area contributed by atoms with Crippen LogP contribution in [0.15, 0.2) is 54.6 Å². The lowest BCUT2D eigenvalue weighted by Crippen LogP contribution is -2.44. The van der Waals surface area contributed by atoms with Crippen molar-refractivity contribution in [1.82, 2.24) is 4.90 Å². The molecular weight excluding hydrogens is 328 g/mol. The van der Waals surface area contributed by atoms with Gasteiger partial charge in [-0.25, -0.2) is 0 Å². The highest BCUT2D eigenvalue weighted by molar-refractivity contribution is 5.94. The Labute approximate surface area is 154 Å². The van der Waals surface area contributed by atoms with Crippen LogP contribution in [0.2, 0.25) is 0 Å². The summed E-state index contributed by atoms with van der Waals surface area (Å²) >= 11 is 0. The number of hydrogen-bond acceptors (Lipinski definition) is 3. The molecule has 0 bridgehead atoms. The molecule has 26 heavy (non-hydrogen) atoms. The predicted molar refractivity (Wildman–Crippen MR) is 101 cm³/mol. The van der Waals surface area contributed by atoms with E-state index in [0.717, 1.165) is 18.4 Å². The minimum atomic E-state index is -0.201. The summed E-state index contributed by atoms with van der Waals surface area (Å²) in [7, 11) is 1.58. The van der Waals surface area contributed by atoms with E-state index in [0.29, 0.717) is 30.9 Å². The van der Waals surface area contributed by atoms with Crippen LogP contribution in [0, 0.1) is 5.92 Å². The van der Waals surface area contributed by atoms with Crippen molar-refractivity contribution in [3.63, 3.8) is 0 Å². The zero-order valence-electron chi connectivity index (χ0n) is 15.0. The van der Waals surface area contributed by atoms with E-state index in [1.54, 1.807) is 7.11 Å². The molecule has 5 heteroatoms. The predicted octanol–water partition coefficient (Wildman–Crippen LogP) is 3.12. The second kappa shape index (κ2) is 8.52. The van der Waals surface area contributed by atoms with E-state index in [2.05, 4.69) is 5.32 Å². The first kappa shape index (κ1) is 18.0. The smallest absolute Gasteiger partial charge is 0.229 e. The summed E-state index contributed by atoms with van der Waals surface area (Å²) in [6.07, 6.45) is 2.00. The molecule has 0 saturated carbocycles. The molecular formula is C21H24N2O3. The van der Waals surface area contributed by atoms with Crippen molar-refractivity contribution in [3.8, 4) is 5.75 Å². The highest BCUT2D eigenvalue weighted by Gasteiger charge is 2.28. The van der Waals surface area contributed by atoms with Crippen molar-refractivity contribution in [2.24, 2.45) is 5.92 Å². The van der Waals surface area contributed by atoms with Gasteiger partial charge in [0.2, 0.25) is 11.8 Å². The van der Waals surface area contributed by atoms with Crippen molar-refractivity contribution < 1.29 is 14.3 Å². The van der Waals surface area contributed by atoms with Gasteiger partial charge in [-0.3, -0.25) is 9.59 Å². The lowest BCUT2D eigenvalue weighted by atomic mass is 9.96. The fraction of sp³-hybridized carbons (Fsp3) is 0.333. The minimum absolute atomic E-state index is 0.0632. The third-order valence-corrected chi connectivity index (χ3v) is 4.71. The highest BCUT2D eigenvalue weighted by atomic mass is 16.5. The molecule has 136 valence electrons. The van der Waals surface area contributed by atoms with Crippen LogP contribution in [0.25, 0.3) is 0 Å². The molecule has 0 aromatic heterocycles. The first-order valence-electron chi connectivity index (χ1n) is 8.93. The fourth-order valence-electron chi connectivity index (χ4n) is 3.28. The molecule has 1 fully saturated rings. The van der Waals surface area contributed by atoms with Gasteiger partial charge in [0.05, 0.1) is 25.1 Å². The monoisotopic (exact) mass is 352 g/mol. The summed E-state index contributed by atoms with van der Waals surface area (Å²) in [5, 5.41) is 2.94. The number of hydrogen-bond donors (Lipinski definition) is 1. The van der Waals surface area contributed by atoms with Crippen molar-refractivity contribution >= 4 is 17.5 Å². The van der Waals surface area contributed by atoms with E-state index >= 15 is 0 Å². The van der Waals surface area contributed by atoms with Gasteiger partial charge in [0.15, 0.2) is 0 Å². The van der Waals surface area contributed by atoms with E-state index in [9.17, 15) is 9.59 Å². The summed E-state index contributed by atoms with van der Waals surface area (Å²) in [5.74, 6) is 0.444. The Bertz CT molecular complexity index is 761. The fourth-order valence-corrected chi connectivity index (χ4v) is 3.28. The molecule has 1 unspecified atom stereocenters. The molecule has 1 N–H and O–H groups in total. The number of likely N-dealkylation sites (tertiary alicyclic amines) is 1. The Morgan fingerprint density at radius 1 is 1.12 bits per heavy atom. The van der Waals surface area contributed by atoms with Crippen LogP contribution in [0.4, 0.5) is 5.69 Å². The normalized spacial score (nSPS) is 16.8. The topological polar surface area (TPSA) is 58.6 Å². The maximum atomic E-state index is 12.7. The molecule has 0 spiro atoms. The van der Waals surface area contributed by atoms with Gasteiger partial charge < -0.3 is 15.0 Å². The second-order valence-corrected chi connectivity index (χ2v) is 6.53. The summed E-state index contributed by atoms with van der Waals surface area (Å²) < 4.78 is 5.28. The molecule has 2 amide bonds. The molecule has 2 aromatic rings. The first-order valence-corrected chi connectivity index (χ1v) is 8.93. The molecule has 1 saturated heterocycles. The number of piperidine rings is 1. The number of para-hydroxylation sites is 2. The molecule has 1 aliphatic heterocycles. The molecule has 0 radical (unpaired) electrons. The number of nitrogens with zero attached hydrogens (tertiary/aromatic N) is 1. The van der Waals surface area contributed by atoms with Gasteiger partial charge in [0, 0.05) is 13.1 Å².